The number of aromatic hydroxyl groups is 1. The number of nitrogens with one attached hydrogen (secondary N) is 1. The van der Waals surface area contributed by atoms with E-state index in [-0.39, 0.29) is 7.43 Å². The van der Waals surface area contributed by atoms with Crippen molar-refractivity contribution < 1.29 is 5.11 Å². The van der Waals surface area contributed by atoms with Gasteiger partial charge in [0.15, 0.2) is 0 Å². The first-order chi connectivity index (χ1) is 8.93. The molecular formula is C16H31N3O. The van der Waals surface area contributed by atoms with E-state index in [2.05, 4.69) is 41.3 Å². The molecule has 0 heterocycles. The fourth-order valence-electron chi connectivity index (χ4n) is 2.20. The Labute approximate surface area is 124 Å². The molecule has 0 saturated heterocycles. The highest BCUT2D eigenvalue weighted by atomic mass is 16.3. The third kappa shape index (κ3) is 5.90. The van der Waals surface area contributed by atoms with Gasteiger partial charge in [0.05, 0.1) is 0 Å². The zero-order chi connectivity index (χ0) is 14.4. The maximum atomic E-state index is 10.4. The third-order valence-electron chi connectivity index (χ3n) is 2.96. The van der Waals surface area contributed by atoms with Gasteiger partial charge in [-0.3, -0.25) is 0 Å². The van der Waals surface area contributed by atoms with Gasteiger partial charge in [0, 0.05) is 18.7 Å². The van der Waals surface area contributed by atoms with Crippen LogP contribution in [0.1, 0.15) is 24.1 Å². The molecule has 0 saturated carbocycles. The van der Waals surface area contributed by atoms with Crippen molar-refractivity contribution in [3.8, 4) is 5.75 Å². The third-order valence-corrected chi connectivity index (χ3v) is 2.96. The summed E-state index contributed by atoms with van der Waals surface area (Å²) in [6.07, 6.45) is 0.851. The maximum absolute atomic E-state index is 10.4. The SMILES string of the molecule is C.CNCCc1cc(CN(C)C)cc(CN(C)C)c1O. The highest BCUT2D eigenvalue weighted by molar-refractivity contribution is 5.44. The zero-order valence-corrected chi connectivity index (χ0v) is 12.8. The Morgan fingerprint density at radius 3 is 2.05 bits per heavy atom. The van der Waals surface area contributed by atoms with Crippen molar-refractivity contribution >= 4 is 0 Å². The molecule has 0 aliphatic heterocycles. The molecule has 1 aromatic carbocycles. The van der Waals surface area contributed by atoms with E-state index in [4.69, 9.17) is 0 Å². The molecule has 0 unspecified atom stereocenters. The van der Waals surface area contributed by atoms with Crippen LogP contribution in [0.3, 0.4) is 0 Å². The number of hydrogen-bond donors (Lipinski definition) is 2. The van der Waals surface area contributed by atoms with Crippen LogP contribution in [0, 0.1) is 0 Å². The van der Waals surface area contributed by atoms with Crippen molar-refractivity contribution in [1.82, 2.24) is 15.1 Å². The second kappa shape index (κ2) is 8.95. The van der Waals surface area contributed by atoms with Crippen LogP contribution >= 0.6 is 0 Å². The van der Waals surface area contributed by atoms with Gasteiger partial charge in [0.1, 0.15) is 5.75 Å². The minimum atomic E-state index is 0. The summed E-state index contributed by atoms with van der Waals surface area (Å²) in [7, 11) is 10.1. The Bertz CT molecular complexity index is 403. The Morgan fingerprint density at radius 1 is 1.00 bits per heavy atom. The lowest BCUT2D eigenvalue weighted by Gasteiger charge is -2.18. The van der Waals surface area contributed by atoms with E-state index < -0.39 is 0 Å². The second-order valence-electron chi connectivity index (χ2n) is 5.59. The van der Waals surface area contributed by atoms with Gasteiger partial charge in [-0.15, -0.1) is 0 Å². The van der Waals surface area contributed by atoms with Crippen molar-refractivity contribution in [2.24, 2.45) is 0 Å². The first kappa shape index (κ1) is 18.9. The number of phenols is 1. The van der Waals surface area contributed by atoms with Gasteiger partial charge in [-0.25, -0.2) is 0 Å². The normalized spacial score (nSPS) is 10.9. The summed E-state index contributed by atoms with van der Waals surface area (Å²) >= 11 is 0. The number of likely N-dealkylation sites (N-methyl/N-ethyl adjacent to an activating group) is 1. The van der Waals surface area contributed by atoms with Gasteiger partial charge in [-0.1, -0.05) is 13.5 Å². The smallest absolute Gasteiger partial charge is 0.123 e. The molecule has 0 radical (unpaired) electrons. The Balaban J connectivity index is 0.00000361. The van der Waals surface area contributed by atoms with E-state index in [0.29, 0.717) is 5.75 Å². The molecule has 0 aromatic heterocycles. The molecule has 2 N–H and O–H groups in total. The zero-order valence-electron chi connectivity index (χ0n) is 12.8. The van der Waals surface area contributed by atoms with Crippen LogP contribution in [0.25, 0.3) is 0 Å². The predicted octanol–water partition coefficient (Wildman–Crippen LogP) is 1.91. The fourth-order valence-corrected chi connectivity index (χ4v) is 2.20. The summed E-state index contributed by atoms with van der Waals surface area (Å²) in [5.41, 5.74) is 3.30. The number of phenolic OH excluding ortho intramolecular Hbond substituents is 1. The van der Waals surface area contributed by atoms with E-state index in [9.17, 15) is 5.11 Å². The standard InChI is InChI=1S/C15H27N3O.CH4/c1-16-7-6-13-8-12(10-17(2)3)9-14(15(13)19)11-18(4)5;/h8-9,16,19H,6-7,10-11H2,1-5H3;1H4. The molecule has 1 rings (SSSR count). The second-order valence-corrected chi connectivity index (χ2v) is 5.59. The topological polar surface area (TPSA) is 38.7 Å². The Kier molecular flexibility index (Phi) is 8.46. The average molecular weight is 281 g/mol. The summed E-state index contributed by atoms with van der Waals surface area (Å²) in [5.74, 6) is 0.450. The van der Waals surface area contributed by atoms with Crippen molar-refractivity contribution in [2.45, 2.75) is 26.9 Å². The van der Waals surface area contributed by atoms with Crippen LogP contribution < -0.4 is 5.32 Å². The molecule has 0 bridgehead atoms. The summed E-state index contributed by atoms with van der Waals surface area (Å²) in [4.78, 5) is 4.23. The average Bonchev–Trinajstić information content (AvgIpc) is 2.30. The van der Waals surface area contributed by atoms with Gasteiger partial charge in [-0.05, 0) is 65.4 Å². The molecule has 4 nitrogen and oxygen atoms in total. The molecule has 1 aromatic rings. The van der Waals surface area contributed by atoms with E-state index in [0.717, 1.165) is 37.2 Å². The highest BCUT2D eigenvalue weighted by Gasteiger charge is 2.11. The molecule has 0 atom stereocenters. The summed E-state index contributed by atoms with van der Waals surface area (Å²) in [6.45, 7) is 2.54. The van der Waals surface area contributed by atoms with Crippen LogP contribution in [0.4, 0.5) is 0 Å². The molecule has 0 spiro atoms. The lowest BCUT2D eigenvalue weighted by atomic mass is 10.0. The Hall–Kier alpha value is -1.10. The lowest BCUT2D eigenvalue weighted by Crippen LogP contribution is -2.15. The van der Waals surface area contributed by atoms with Crippen molar-refractivity contribution in [1.29, 1.82) is 0 Å². The minimum Gasteiger partial charge on any atom is -0.507 e. The van der Waals surface area contributed by atoms with E-state index in [1.54, 1.807) is 0 Å². The highest BCUT2D eigenvalue weighted by Crippen LogP contribution is 2.26. The van der Waals surface area contributed by atoms with E-state index in [1.807, 2.05) is 21.1 Å². The van der Waals surface area contributed by atoms with E-state index in [1.165, 1.54) is 5.56 Å². The number of rotatable bonds is 7. The summed E-state index contributed by atoms with van der Waals surface area (Å²) in [5, 5.41) is 13.5. The molecule has 116 valence electrons. The monoisotopic (exact) mass is 281 g/mol. The van der Waals surface area contributed by atoms with Gasteiger partial charge < -0.3 is 20.2 Å². The lowest BCUT2D eigenvalue weighted by molar-refractivity contribution is 0.380. The predicted molar refractivity (Wildman–Crippen MR) is 87.3 cm³/mol. The van der Waals surface area contributed by atoms with Crippen LogP contribution in [0.15, 0.2) is 12.1 Å². The summed E-state index contributed by atoms with van der Waals surface area (Å²) < 4.78 is 0. The summed E-state index contributed by atoms with van der Waals surface area (Å²) in [6, 6.07) is 4.23. The molecule has 20 heavy (non-hydrogen) atoms. The first-order valence-electron chi connectivity index (χ1n) is 6.71. The van der Waals surface area contributed by atoms with Crippen molar-refractivity contribution in [3.63, 3.8) is 0 Å². The molecule has 0 aliphatic rings. The molecule has 4 heteroatoms. The van der Waals surface area contributed by atoms with Crippen LogP contribution in [-0.2, 0) is 19.5 Å². The quantitative estimate of drug-likeness (QED) is 0.801. The minimum absolute atomic E-state index is 0. The van der Waals surface area contributed by atoms with Crippen molar-refractivity contribution in [3.05, 3.63) is 28.8 Å². The van der Waals surface area contributed by atoms with Crippen molar-refractivity contribution in [2.75, 3.05) is 41.8 Å². The van der Waals surface area contributed by atoms with Crippen LogP contribution in [0.5, 0.6) is 5.75 Å². The van der Waals surface area contributed by atoms with Gasteiger partial charge >= 0.3 is 0 Å². The fraction of sp³-hybridized carbons (Fsp3) is 0.625. The molecule has 0 amide bonds. The van der Waals surface area contributed by atoms with Crippen LogP contribution in [-0.4, -0.2) is 56.7 Å². The number of benzene rings is 1. The van der Waals surface area contributed by atoms with Gasteiger partial charge in [0.2, 0.25) is 0 Å². The first-order valence-corrected chi connectivity index (χ1v) is 6.71. The number of nitrogens with zero attached hydrogens (tertiary/aromatic N) is 2. The van der Waals surface area contributed by atoms with Gasteiger partial charge in [0.25, 0.3) is 0 Å². The largest absolute Gasteiger partial charge is 0.507 e. The van der Waals surface area contributed by atoms with E-state index >= 15 is 0 Å². The molecule has 0 aliphatic carbocycles. The molecular weight excluding hydrogens is 250 g/mol. The Morgan fingerprint density at radius 2 is 1.55 bits per heavy atom. The molecule has 0 fully saturated rings. The maximum Gasteiger partial charge on any atom is 0.123 e. The number of hydrogen-bond acceptors (Lipinski definition) is 4. The van der Waals surface area contributed by atoms with Gasteiger partial charge in [-0.2, -0.15) is 0 Å². The van der Waals surface area contributed by atoms with Crippen LogP contribution in [0.2, 0.25) is 0 Å².